The summed E-state index contributed by atoms with van der Waals surface area (Å²) in [5.41, 5.74) is 0.546. The number of hydrogen-bond donors (Lipinski definition) is 1. The number of amides is 1. The highest BCUT2D eigenvalue weighted by atomic mass is 16.6. The highest BCUT2D eigenvalue weighted by molar-refractivity contribution is 5.87. The second-order valence-electron chi connectivity index (χ2n) is 7.54. The van der Waals surface area contributed by atoms with Crippen LogP contribution >= 0.6 is 0 Å². The van der Waals surface area contributed by atoms with Crippen LogP contribution in [0.5, 0.6) is 0 Å². The Hall–Kier alpha value is -2.21. The second kappa shape index (κ2) is 6.75. The van der Waals surface area contributed by atoms with Gasteiger partial charge in [-0.05, 0) is 18.4 Å². The van der Waals surface area contributed by atoms with Gasteiger partial charge in [-0.15, -0.1) is 0 Å². The largest absolute Gasteiger partial charge is 0.383 e. The molecule has 4 rings (SSSR count). The first-order chi connectivity index (χ1) is 13.0. The van der Waals surface area contributed by atoms with Crippen LogP contribution in [0, 0.1) is 5.41 Å². The van der Waals surface area contributed by atoms with Crippen LogP contribution < -0.4 is 0 Å². The van der Waals surface area contributed by atoms with Gasteiger partial charge in [0.1, 0.15) is 5.41 Å². The maximum Gasteiger partial charge on any atom is 0.234 e. The molecule has 3 unspecified atom stereocenters. The van der Waals surface area contributed by atoms with Crippen LogP contribution in [0.15, 0.2) is 60.7 Å². The van der Waals surface area contributed by atoms with E-state index in [0.717, 1.165) is 5.56 Å². The van der Waals surface area contributed by atoms with E-state index >= 15 is 0 Å². The molecule has 5 nitrogen and oxygen atoms in total. The number of aliphatic hydroxyl groups is 1. The summed E-state index contributed by atoms with van der Waals surface area (Å²) < 4.78 is 11.6. The number of rotatable bonds is 4. The monoisotopic (exact) mass is 367 g/mol. The van der Waals surface area contributed by atoms with E-state index in [1.165, 1.54) is 0 Å². The highest BCUT2D eigenvalue weighted by Crippen LogP contribution is 2.61. The molecule has 2 aliphatic heterocycles. The Morgan fingerprint density at radius 3 is 2.37 bits per heavy atom. The lowest BCUT2D eigenvalue weighted by molar-refractivity contribution is -0.246. The third kappa shape index (κ3) is 2.69. The van der Waals surface area contributed by atoms with Crippen molar-refractivity contribution in [3.8, 4) is 0 Å². The Morgan fingerprint density at radius 1 is 1.11 bits per heavy atom. The van der Waals surface area contributed by atoms with Crippen molar-refractivity contribution in [3.05, 3.63) is 71.8 Å². The van der Waals surface area contributed by atoms with Gasteiger partial charge in [-0.1, -0.05) is 60.7 Å². The average Bonchev–Trinajstić information content (AvgIpc) is 3.14. The summed E-state index contributed by atoms with van der Waals surface area (Å²) in [4.78, 5) is 15.1. The van der Waals surface area contributed by atoms with Gasteiger partial charge in [0, 0.05) is 19.7 Å². The minimum absolute atomic E-state index is 0.0872. The lowest BCUT2D eigenvalue weighted by Gasteiger charge is -2.36. The van der Waals surface area contributed by atoms with Gasteiger partial charge in [0.2, 0.25) is 11.7 Å². The third-order valence-electron chi connectivity index (χ3n) is 6.05. The van der Waals surface area contributed by atoms with Crippen LogP contribution in [0.1, 0.15) is 30.1 Å². The molecule has 27 heavy (non-hydrogen) atoms. The number of likely N-dealkylation sites (tertiary alicyclic amines) is 1. The van der Waals surface area contributed by atoms with Crippen LogP contribution in [-0.4, -0.2) is 42.7 Å². The van der Waals surface area contributed by atoms with Crippen molar-refractivity contribution in [2.75, 3.05) is 20.8 Å². The first kappa shape index (κ1) is 18.2. The molecule has 0 aromatic heterocycles. The summed E-state index contributed by atoms with van der Waals surface area (Å²) in [6.45, 7) is 0.435. The summed E-state index contributed by atoms with van der Waals surface area (Å²) in [7, 11) is 3.41. The van der Waals surface area contributed by atoms with Crippen LogP contribution in [0.3, 0.4) is 0 Å². The first-order valence-corrected chi connectivity index (χ1v) is 9.29. The van der Waals surface area contributed by atoms with Crippen molar-refractivity contribution in [3.63, 3.8) is 0 Å². The van der Waals surface area contributed by atoms with Gasteiger partial charge in [0.05, 0.1) is 18.8 Å². The van der Waals surface area contributed by atoms with Crippen LogP contribution in [0.2, 0.25) is 0 Å². The van der Waals surface area contributed by atoms with Gasteiger partial charge in [0.15, 0.2) is 0 Å². The maximum absolute atomic E-state index is 13.4. The number of ether oxygens (including phenoxy) is 2. The molecule has 4 atom stereocenters. The Bertz CT molecular complexity index is 812. The molecule has 2 aromatic carbocycles. The SMILES string of the molecule is COC[C@@H]1CC2(CC(c3ccccc3)OC2(O)c2ccccc2)C(=O)N1C. The minimum Gasteiger partial charge on any atom is -0.383 e. The normalized spacial score (nSPS) is 33.1. The fourth-order valence-corrected chi connectivity index (χ4v) is 4.62. The van der Waals surface area contributed by atoms with E-state index in [0.29, 0.717) is 25.0 Å². The first-order valence-electron chi connectivity index (χ1n) is 9.29. The van der Waals surface area contributed by atoms with Crippen LogP contribution in [-0.2, 0) is 20.1 Å². The third-order valence-corrected chi connectivity index (χ3v) is 6.05. The summed E-state index contributed by atoms with van der Waals surface area (Å²) in [5, 5.41) is 11.8. The molecule has 142 valence electrons. The van der Waals surface area contributed by atoms with Crippen LogP contribution in [0.25, 0.3) is 0 Å². The quantitative estimate of drug-likeness (QED) is 0.903. The molecule has 0 saturated carbocycles. The molecule has 1 N–H and O–H groups in total. The van der Waals surface area contributed by atoms with E-state index in [4.69, 9.17) is 9.47 Å². The molecule has 0 bridgehead atoms. The summed E-state index contributed by atoms with van der Waals surface area (Å²) in [6, 6.07) is 19.0. The molecule has 5 heteroatoms. The zero-order valence-corrected chi connectivity index (χ0v) is 15.7. The van der Waals surface area contributed by atoms with Gasteiger partial charge in [0.25, 0.3) is 0 Å². The molecule has 2 heterocycles. The molecule has 2 aliphatic rings. The second-order valence-corrected chi connectivity index (χ2v) is 7.54. The molecule has 2 saturated heterocycles. The number of likely N-dealkylation sites (N-methyl/N-ethyl adjacent to an activating group) is 1. The maximum atomic E-state index is 13.4. The van der Waals surface area contributed by atoms with Crippen molar-refractivity contribution in [1.29, 1.82) is 0 Å². The van der Waals surface area contributed by atoms with Crippen LogP contribution in [0.4, 0.5) is 0 Å². The van der Waals surface area contributed by atoms with Crippen molar-refractivity contribution in [1.82, 2.24) is 4.90 Å². The molecule has 1 amide bonds. The highest BCUT2D eigenvalue weighted by Gasteiger charge is 2.68. The van der Waals surface area contributed by atoms with E-state index in [-0.39, 0.29) is 18.1 Å². The number of carbonyl (C=O) groups is 1. The molecule has 1 spiro atoms. The van der Waals surface area contributed by atoms with Gasteiger partial charge >= 0.3 is 0 Å². The van der Waals surface area contributed by atoms with Crippen molar-refractivity contribution in [2.24, 2.45) is 5.41 Å². The summed E-state index contributed by atoms with van der Waals surface area (Å²) >= 11 is 0. The Kier molecular flexibility index (Phi) is 4.54. The Labute approximate surface area is 159 Å². The lowest BCUT2D eigenvalue weighted by atomic mass is 9.71. The van der Waals surface area contributed by atoms with Crippen molar-refractivity contribution >= 4 is 5.91 Å². The van der Waals surface area contributed by atoms with Gasteiger partial charge in [-0.25, -0.2) is 0 Å². The topological polar surface area (TPSA) is 59.0 Å². The van der Waals surface area contributed by atoms with E-state index in [1.54, 1.807) is 19.1 Å². The number of methoxy groups -OCH3 is 1. The van der Waals surface area contributed by atoms with Gasteiger partial charge in [-0.3, -0.25) is 4.79 Å². The van der Waals surface area contributed by atoms with Crippen molar-refractivity contribution < 1.29 is 19.4 Å². The number of hydrogen-bond acceptors (Lipinski definition) is 4. The molecule has 2 aromatic rings. The lowest BCUT2D eigenvalue weighted by Crippen LogP contribution is -2.47. The fraction of sp³-hybridized carbons (Fsp3) is 0.409. The predicted molar refractivity (Wildman–Crippen MR) is 101 cm³/mol. The molecule has 0 radical (unpaired) electrons. The average molecular weight is 367 g/mol. The van der Waals surface area contributed by atoms with E-state index in [1.807, 2.05) is 60.7 Å². The standard InChI is InChI=1S/C22H25NO4/c1-23-18(15-26-2)13-21(20(23)24)14-19(16-9-5-3-6-10-16)27-22(21,25)17-11-7-4-8-12-17/h3-12,18-19,25H,13-15H2,1-2H3/t18-,19?,21?,22?/m0/s1. The van der Waals surface area contributed by atoms with Gasteiger partial charge in [-0.2, -0.15) is 0 Å². The van der Waals surface area contributed by atoms with E-state index in [9.17, 15) is 9.90 Å². The fourth-order valence-electron chi connectivity index (χ4n) is 4.62. The zero-order valence-electron chi connectivity index (χ0n) is 15.7. The zero-order chi connectivity index (χ0) is 19.1. The predicted octanol–water partition coefficient (Wildman–Crippen LogP) is 2.86. The molecular formula is C22H25NO4. The van der Waals surface area contributed by atoms with E-state index in [2.05, 4.69) is 0 Å². The molecular weight excluding hydrogens is 342 g/mol. The Balaban J connectivity index is 1.81. The van der Waals surface area contributed by atoms with Crippen molar-refractivity contribution in [2.45, 2.75) is 30.8 Å². The summed E-state index contributed by atoms with van der Waals surface area (Å²) in [5.74, 6) is -1.77. The number of benzene rings is 2. The number of carbonyl (C=O) groups excluding carboxylic acids is 1. The molecule has 0 aliphatic carbocycles. The molecule has 2 fully saturated rings. The van der Waals surface area contributed by atoms with E-state index < -0.39 is 11.2 Å². The van der Waals surface area contributed by atoms with Gasteiger partial charge < -0.3 is 19.5 Å². The smallest absolute Gasteiger partial charge is 0.234 e. The Morgan fingerprint density at radius 2 is 1.74 bits per heavy atom. The minimum atomic E-state index is -1.68. The summed E-state index contributed by atoms with van der Waals surface area (Å²) in [6.07, 6.45) is 0.575. The number of nitrogens with zero attached hydrogens (tertiary/aromatic N) is 1.